The van der Waals surface area contributed by atoms with Crippen molar-refractivity contribution in [3.05, 3.63) is 0 Å². The third kappa shape index (κ3) is 10.5. The largest absolute Gasteiger partial charge is 0.474 e. The lowest BCUT2D eigenvalue weighted by Gasteiger charge is -2.20. The Morgan fingerprint density at radius 3 is 2.05 bits per heavy atom. The fraction of sp³-hybridized carbons (Fsp3) is 0.857. The van der Waals surface area contributed by atoms with Crippen molar-refractivity contribution in [2.45, 2.75) is 52.4 Å². The van der Waals surface area contributed by atoms with Gasteiger partial charge in [0.1, 0.15) is 0 Å². The lowest BCUT2D eigenvalue weighted by atomic mass is 10.0. The first-order chi connectivity index (χ1) is 10.1. The van der Waals surface area contributed by atoms with Crippen molar-refractivity contribution in [3.8, 4) is 12.1 Å². The van der Waals surface area contributed by atoms with Crippen molar-refractivity contribution in [2.75, 3.05) is 19.8 Å². The molecule has 0 aromatic heterocycles. The molecule has 0 aromatic carbocycles. The van der Waals surface area contributed by atoms with Crippen LogP contribution in [0.15, 0.2) is 0 Å². The molecule has 0 N–H and O–H groups in total. The summed E-state index contributed by atoms with van der Waals surface area (Å²) < 4.78 is 27.9. The molecule has 120 valence electrons. The van der Waals surface area contributed by atoms with E-state index in [0.29, 0.717) is 12.5 Å². The number of rotatable bonds is 13. The Kier molecular flexibility index (Phi) is 12.2. The molecule has 0 aliphatic carbocycles. The molecule has 0 amide bonds. The third-order valence-corrected chi connectivity index (χ3v) is 4.40. The Balaban J connectivity index is 4.39. The minimum atomic E-state index is -3.68. The molecule has 0 saturated carbocycles. The van der Waals surface area contributed by atoms with Gasteiger partial charge in [-0.05, 0) is 12.3 Å². The molecule has 21 heavy (non-hydrogen) atoms. The highest BCUT2D eigenvalue weighted by Gasteiger charge is 2.27. The van der Waals surface area contributed by atoms with Gasteiger partial charge in [0, 0.05) is 0 Å². The molecule has 0 rings (SSSR count). The monoisotopic (exact) mass is 316 g/mol. The highest BCUT2D eigenvalue weighted by atomic mass is 31.2. The molecular formula is C14H25N2O4P. The van der Waals surface area contributed by atoms with E-state index in [1.807, 2.05) is 12.1 Å². The van der Waals surface area contributed by atoms with Crippen LogP contribution in [0.25, 0.3) is 0 Å². The number of unbranched alkanes of at least 4 members (excludes halogenated alkanes) is 1. The summed E-state index contributed by atoms with van der Waals surface area (Å²) in [5, 5.41) is 17.0. The second-order valence-corrected chi connectivity index (χ2v) is 6.31. The predicted octanol–water partition coefficient (Wildman–Crippen LogP) is 4.19. The van der Waals surface area contributed by atoms with Gasteiger partial charge in [-0.15, -0.1) is 0 Å². The van der Waals surface area contributed by atoms with Gasteiger partial charge in [-0.3, -0.25) is 13.6 Å². The van der Waals surface area contributed by atoms with Crippen LogP contribution in [-0.4, -0.2) is 19.8 Å². The van der Waals surface area contributed by atoms with Crippen LogP contribution in [0.4, 0.5) is 0 Å². The molecule has 0 aliphatic rings. The summed E-state index contributed by atoms with van der Waals surface area (Å²) in [4.78, 5) is 0. The maximum atomic E-state index is 12.4. The molecule has 0 bridgehead atoms. The van der Waals surface area contributed by atoms with Crippen molar-refractivity contribution in [1.29, 1.82) is 10.5 Å². The Bertz CT molecular complexity index is 365. The van der Waals surface area contributed by atoms with E-state index < -0.39 is 7.82 Å². The summed E-state index contributed by atoms with van der Waals surface area (Å²) in [6.45, 7) is 4.46. The van der Waals surface area contributed by atoms with Crippen molar-refractivity contribution in [3.63, 3.8) is 0 Å². The van der Waals surface area contributed by atoms with Crippen LogP contribution in [0, 0.1) is 28.6 Å². The molecule has 0 radical (unpaired) electrons. The minimum absolute atomic E-state index is 0.00785. The van der Waals surface area contributed by atoms with Gasteiger partial charge >= 0.3 is 7.82 Å². The third-order valence-electron chi connectivity index (χ3n) is 2.94. The molecular weight excluding hydrogens is 291 g/mol. The number of phosphoric acid groups is 1. The highest BCUT2D eigenvalue weighted by Crippen LogP contribution is 2.50. The summed E-state index contributed by atoms with van der Waals surface area (Å²) in [6.07, 6.45) is 4.35. The molecule has 1 atom stereocenters. The summed E-state index contributed by atoms with van der Waals surface area (Å²) in [5.74, 6) is 0.303. The van der Waals surface area contributed by atoms with Crippen LogP contribution in [0.5, 0.6) is 0 Å². The summed E-state index contributed by atoms with van der Waals surface area (Å²) in [6, 6.07) is 3.80. The Morgan fingerprint density at radius 1 is 1.05 bits per heavy atom. The average Bonchev–Trinajstić information content (AvgIpc) is 2.48. The van der Waals surface area contributed by atoms with Crippen LogP contribution in [0.2, 0.25) is 0 Å². The first-order valence-corrected chi connectivity index (χ1v) is 8.85. The summed E-state index contributed by atoms with van der Waals surface area (Å²) in [5.41, 5.74) is 0. The maximum absolute atomic E-state index is 12.4. The fourth-order valence-corrected chi connectivity index (χ4v) is 2.86. The molecule has 0 aromatic rings. The van der Waals surface area contributed by atoms with Crippen molar-refractivity contribution < 1.29 is 18.1 Å². The lowest BCUT2D eigenvalue weighted by molar-refractivity contribution is 0.0999. The second kappa shape index (κ2) is 12.8. The van der Waals surface area contributed by atoms with Gasteiger partial charge in [-0.2, -0.15) is 10.5 Å². The zero-order valence-corrected chi connectivity index (χ0v) is 13.8. The summed E-state index contributed by atoms with van der Waals surface area (Å²) >= 11 is 0. The summed E-state index contributed by atoms with van der Waals surface area (Å²) in [7, 11) is -3.68. The fourth-order valence-electron chi connectivity index (χ4n) is 1.61. The van der Waals surface area contributed by atoms with Gasteiger partial charge in [-0.25, -0.2) is 4.57 Å². The van der Waals surface area contributed by atoms with Gasteiger partial charge in [0.2, 0.25) is 0 Å². The molecule has 7 heteroatoms. The maximum Gasteiger partial charge on any atom is 0.474 e. The number of phosphoric ester groups is 1. The van der Waals surface area contributed by atoms with Crippen LogP contribution < -0.4 is 0 Å². The van der Waals surface area contributed by atoms with E-state index in [-0.39, 0.29) is 26.1 Å². The van der Waals surface area contributed by atoms with E-state index in [4.69, 9.17) is 24.1 Å². The minimum Gasteiger partial charge on any atom is -0.287 e. The molecule has 0 aliphatic heterocycles. The van der Waals surface area contributed by atoms with E-state index in [9.17, 15) is 4.57 Å². The molecule has 0 fully saturated rings. The molecule has 0 spiro atoms. The van der Waals surface area contributed by atoms with Crippen molar-refractivity contribution in [1.82, 2.24) is 0 Å². The van der Waals surface area contributed by atoms with Crippen LogP contribution in [0.3, 0.4) is 0 Å². The standard InChI is InChI=1S/C14H25N2O4P/c1-3-5-8-14(4-2)13-20-21(17,18-11-6-9-15)19-12-7-10-16/h14H,3-8,11-13H2,1-2H3/t14-/m0/s1. The Labute approximate surface area is 127 Å². The molecule has 6 nitrogen and oxygen atoms in total. The quantitative estimate of drug-likeness (QED) is 0.373. The normalized spacial score (nSPS) is 12.6. The molecule has 0 saturated heterocycles. The number of hydrogen-bond acceptors (Lipinski definition) is 6. The van der Waals surface area contributed by atoms with Crippen LogP contribution in [-0.2, 0) is 18.1 Å². The predicted molar refractivity (Wildman–Crippen MR) is 79.2 cm³/mol. The number of hydrogen-bond donors (Lipinski definition) is 0. The topological polar surface area (TPSA) is 92.3 Å². The van der Waals surface area contributed by atoms with Crippen molar-refractivity contribution >= 4 is 7.82 Å². The van der Waals surface area contributed by atoms with E-state index in [2.05, 4.69) is 13.8 Å². The van der Waals surface area contributed by atoms with E-state index in [1.165, 1.54) is 0 Å². The van der Waals surface area contributed by atoms with E-state index >= 15 is 0 Å². The zero-order valence-electron chi connectivity index (χ0n) is 12.9. The zero-order chi connectivity index (χ0) is 16.0. The lowest BCUT2D eigenvalue weighted by Crippen LogP contribution is -2.11. The molecule has 0 unspecified atom stereocenters. The Morgan fingerprint density at radius 2 is 1.62 bits per heavy atom. The highest BCUT2D eigenvalue weighted by molar-refractivity contribution is 7.48. The smallest absolute Gasteiger partial charge is 0.287 e. The number of nitriles is 2. The number of nitrogens with zero attached hydrogens (tertiary/aromatic N) is 2. The molecule has 0 heterocycles. The van der Waals surface area contributed by atoms with Gasteiger partial charge in [-0.1, -0.05) is 33.1 Å². The van der Waals surface area contributed by atoms with Crippen LogP contribution >= 0.6 is 7.82 Å². The second-order valence-electron chi connectivity index (χ2n) is 4.64. The van der Waals surface area contributed by atoms with E-state index in [1.54, 1.807) is 0 Å². The van der Waals surface area contributed by atoms with Crippen molar-refractivity contribution in [2.24, 2.45) is 5.92 Å². The van der Waals surface area contributed by atoms with Gasteiger partial charge in [0.05, 0.1) is 44.8 Å². The SMILES string of the molecule is CCCC[C@H](CC)COP(=O)(OCCC#N)OCCC#N. The van der Waals surface area contributed by atoms with Gasteiger partial charge in [0.15, 0.2) is 0 Å². The average molecular weight is 316 g/mol. The first-order valence-electron chi connectivity index (χ1n) is 7.39. The van der Waals surface area contributed by atoms with Gasteiger partial charge < -0.3 is 0 Å². The first kappa shape index (κ1) is 20.1. The van der Waals surface area contributed by atoms with Crippen LogP contribution in [0.1, 0.15) is 52.4 Å². The Hall–Kier alpha value is -0.910. The van der Waals surface area contributed by atoms with Gasteiger partial charge in [0.25, 0.3) is 0 Å². The van der Waals surface area contributed by atoms with E-state index in [0.717, 1.165) is 25.7 Å².